The van der Waals surface area contributed by atoms with Crippen molar-refractivity contribution in [3.63, 3.8) is 0 Å². The molecule has 0 unspecified atom stereocenters. The standard InChI is InChI=1S/C29H31F2IN6O2/c1-29(2,17-30)22-13-19(5-7-23(22)31)34-28-35-24-14-20(6-8-25(24)38(28)18-32)40-21-9-10-33-26(15-21)36-27(39)16-37-11-3-4-12-37/h5-10,13-15H,3-4,11-12,16-18H2,1-2H3,(H,34,35)(H,33,36,39). The fraction of sp³-hybridized carbons (Fsp3) is 0.345. The highest BCUT2D eigenvalue weighted by molar-refractivity contribution is 14.1. The summed E-state index contributed by atoms with van der Waals surface area (Å²) in [5.74, 6) is 1.57. The van der Waals surface area contributed by atoms with Crippen molar-refractivity contribution in [3.8, 4) is 11.5 Å². The normalized spacial score (nSPS) is 14.0. The fourth-order valence-electron chi connectivity index (χ4n) is 4.72. The number of amides is 1. The van der Waals surface area contributed by atoms with E-state index in [9.17, 15) is 13.6 Å². The van der Waals surface area contributed by atoms with Crippen LogP contribution in [-0.2, 0) is 14.8 Å². The zero-order valence-electron chi connectivity index (χ0n) is 22.4. The molecule has 0 bridgehead atoms. The number of hydrogen-bond acceptors (Lipinski definition) is 6. The molecule has 2 N–H and O–H groups in total. The molecule has 1 amide bonds. The molecule has 0 atom stereocenters. The lowest BCUT2D eigenvalue weighted by Crippen LogP contribution is -2.31. The fourth-order valence-corrected chi connectivity index (χ4v) is 5.41. The summed E-state index contributed by atoms with van der Waals surface area (Å²) in [5, 5.41) is 6.11. The molecule has 0 spiro atoms. The lowest BCUT2D eigenvalue weighted by atomic mass is 9.85. The molecule has 2 aromatic carbocycles. The third-order valence-electron chi connectivity index (χ3n) is 6.93. The smallest absolute Gasteiger partial charge is 0.239 e. The third-order valence-corrected chi connectivity index (χ3v) is 7.61. The number of carbonyl (C=O) groups excluding carboxylic acids is 1. The Balaban J connectivity index is 1.33. The van der Waals surface area contributed by atoms with E-state index in [0.717, 1.165) is 31.4 Å². The van der Waals surface area contributed by atoms with Gasteiger partial charge in [0.15, 0.2) is 0 Å². The first kappa shape index (κ1) is 28.2. The van der Waals surface area contributed by atoms with Gasteiger partial charge < -0.3 is 19.9 Å². The van der Waals surface area contributed by atoms with E-state index in [4.69, 9.17) is 9.72 Å². The zero-order chi connectivity index (χ0) is 28.3. The second-order valence-electron chi connectivity index (χ2n) is 10.5. The molecule has 40 heavy (non-hydrogen) atoms. The number of anilines is 3. The van der Waals surface area contributed by atoms with Crippen molar-refractivity contribution < 1.29 is 18.3 Å². The SMILES string of the molecule is CC(C)(CF)c1cc(Nc2nc3cc(Oc4ccnc(NC(=O)CN5CCCC5)c4)ccc3n2CI)ccc1F. The summed E-state index contributed by atoms with van der Waals surface area (Å²) < 4.78 is 36.7. The predicted molar refractivity (Wildman–Crippen MR) is 161 cm³/mol. The van der Waals surface area contributed by atoms with Crippen molar-refractivity contribution >= 4 is 57.0 Å². The molecule has 4 aromatic rings. The van der Waals surface area contributed by atoms with Gasteiger partial charge in [0.25, 0.3) is 0 Å². The Bertz CT molecular complexity index is 1520. The quantitative estimate of drug-likeness (QED) is 0.144. The van der Waals surface area contributed by atoms with Crippen molar-refractivity contribution in [2.75, 3.05) is 36.9 Å². The van der Waals surface area contributed by atoms with E-state index in [2.05, 4.69) is 43.1 Å². The van der Waals surface area contributed by atoms with Crippen LogP contribution < -0.4 is 15.4 Å². The lowest BCUT2D eigenvalue weighted by molar-refractivity contribution is -0.117. The molecule has 210 valence electrons. The van der Waals surface area contributed by atoms with Crippen molar-refractivity contribution in [1.29, 1.82) is 0 Å². The summed E-state index contributed by atoms with van der Waals surface area (Å²) in [6, 6.07) is 13.6. The molecule has 0 radical (unpaired) electrons. The Morgan fingerprint density at radius 3 is 2.62 bits per heavy atom. The molecule has 11 heteroatoms. The Morgan fingerprint density at radius 1 is 1.10 bits per heavy atom. The molecular weight excluding hydrogens is 629 g/mol. The second kappa shape index (κ2) is 12.0. The highest BCUT2D eigenvalue weighted by Gasteiger charge is 2.25. The van der Waals surface area contributed by atoms with Crippen LogP contribution in [0.1, 0.15) is 32.3 Å². The van der Waals surface area contributed by atoms with Gasteiger partial charge in [0.1, 0.15) is 23.1 Å². The van der Waals surface area contributed by atoms with Gasteiger partial charge in [-0.1, -0.05) is 36.4 Å². The molecule has 3 heterocycles. The monoisotopic (exact) mass is 660 g/mol. The summed E-state index contributed by atoms with van der Waals surface area (Å²) in [6.45, 7) is 4.91. The van der Waals surface area contributed by atoms with Gasteiger partial charge in [0.05, 0.1) is 28.8 Å². The number of halogens is 3. The number of likely N-dealkylation sites (tertiary alicyclic amines) is 1. The number of pyridine rings is 1. The molecular formula is C29H31F2IN6O2. The Hall–Kier alpha value is -3.32. The first-order chi connectivity index (χ1) is 19.3. The molecule has 2 aromatic heterocycles. The summed E-state index contributed by atoms with van der Waals surface area (Å²) >= 11 is 2.25. The van der Waals surface area contributed by atoms with Gasteiger partial charge in [-0.25, -0.2) is 14.4 Å². The van der Waals surface area contributed by atoms with Crippen molar-refractivity contribution in [2.45, 2.75) is 36.7 Å². The minimum absolute atomic E-state index is 0.0983. The second-order valence-corrected chi connectivity index (χ2v) is 11.2. The lowest BCUT2D eigenvalue weighted by Gasteiger charge is -2.22. The largest absolute Gasteiger partial charge is 0.457 e. The average Bonchev–Trinajstić information content (AvgIpc) is 3.56. The molecule has 1 aliphatic rings. The summed E-state index contributed by atoms with van der Waals surface area (Å²) in [7, 11) is 0. The number of nitrogens with zero attached hydrogens (tertiary/aromatic N) is 4. The van der Waals surface area contributed by atoms with E-state index < -0.39 is 17.9 Å². The predicted octanol–water partition coefficient (Wildman–Crippen LogP) is 6.78. The van der Waals surface area contributed by atoms with Gasteiger partial charge in [-0.2, -0.15) is 0 Å². The van der Waals surface area contributed by atoms with E-state index in [1.54, 1.807) is 44.3 Å². The highest BCUT2D eigenvalue weighted by atomic mass is 127. The Kier molecular flexibility index (Phi) is 8.50. The number of alkyl halides is 2. The summed E-state index contributed by atoms with van der Waals surface area (Å²) in [4.78, 5) is 23.5. The Morgan fingerprint density at radius 2 is 1.88 bits per heavy atom. The van der Waals surface area contributed by atoms with Gasteiger partial charge in [0.2, 0.25) is 11.9 Å². The first-order valence-corrected chi connectivity index (χ1v) is 14.6. The van der Waals surface area contributed by atoms with Crippen LogP contribution in [0.5, 0.6) is 11.5 Å². The van der Waals surface area contributed by atoms with Gasteiger partial charge in [-0.05, 0) is 67.9 Å². The number of fused-ring (bicyclic) bond motifs is 1. The van der Waals surface area contributed by atoms with Crippen LogP contribution in [0.15, 0.2) is 54.7 Å². The van der Waals surface area contributed by atoms with Crippen molar-refractivity contribution in [3.05, 3.63) is 66.1 Å². The minimum Gasteiger partial charge on any atom is -0.457 e. The van der Waals surface area contributed by atoms with E-state index in [-0.39, 0.29) is 5.91 Å². The molecule has 1 saturated heterocycles. The molecule has 0 saturated carbocycles. The van der Waals surface area contributed by atoms with Crippen molar-refractivity contribution in [2.24, 2.45) is 0 Å². The summed E-state index contributed by atoms with van der Waals surface area (Å²) in [6.07, 6.45) is 3.84. The summed E-state index contributed by atoms with van der Waals surface area (Å²) in [5.41, 5.74) is 1.57. The van der Waals surface area contributed by atoms with Crippen LogP contribution in [0, 0.1) is 5.82 Å². The van der Waals surface area contributed by atoms with Crippen LogP contribution in [0.25, 0.3) is 11.0 Å². The number of ether oxygens (including phenoxy) is 1. The molecule has 1 fully saturated rings. The van der Waals surface area contributed by atoms with Crippen molar-refractivity contribution in [1.82, 2.24) is 19.4 Å². The maximum atomic E-state index is 14.4. The van der Waals surface area contributed by atoms with Crippen LogP contribution >= 0.6 is 22.6 Å². The zero-order valence-corrected chi connectivity index (χ0v) is 24.5. The van der Waals surface area contributed by atoms with Crippen LogP contribution in [0.4, 0.5) is 26.2 Å². The van der Waals surface area contributed by atoms with Gasteiger partial charge in [0, 0.05) is 29.4 Å². The Labute approximate surface area is 245 Å². The topological polar surface area (TPSA) is 84.3 Å². The highest BCUT2D eigenvalue weighted by Crippen LogP contribution is 2.32. The maximum Gasteiger partial charge on any atom is 0.239 e. The maximum absolute atomic E-state index is 14.4. The van der Waals surface area contributed by atoms with E-state index in [1.807, 2.05) is 22.8 Å². The number of aromatic nitrogens is 3. The van der Waals surface area contributed by atoms with E-state index >= 15 is 0 Å². The first-order valence-electron chi connectivity index (χ1n) is 13.1. The number of nitrogens with one attached hydrogen (secondary N) is 2. The number of carbonyl (C=O) groups is 1. The van der Waals surface area contributed by atoms with Gasteiger partial charge >= 0.3 is 0 Å². The average molecular weight is 661 g/mol. The van der Waals surface area contributed by atoms with E-state index in [0.29, 0.717) is 51.1 Å². The number of imidazole rings is 1. The molecule has 1 aliphatic heterocycles. The molecule has 8 nitrogen and oxygen atoms in total. The van der Waals surface area contributed by atoms with Gasteiger partial charge in [-0.3, -0.25) is 14.1 Å². The number of benzene rings is 2. The molecule has 5 rings (SSSR count). The minimum atomic E-state index is -0.944. The van der Waals surface area contributed by atoms with Gasteiger partial charge in [-0.15, -0.1) is 0 Å². The number of hydrogen-bond donors (Lipinski definition) is 2. The van der Waals surface area contributed by atoms with Crippen LogP contribution in [-0.4, -0.2) is 51.7 Å². The number of rotatable bonds is 10. The molecule has 0 aliphatic carbocycles. The third kappa shape index (κ3) is 6.35. The van der Waals surface area contributed by atoms with Crippen LogP contribution in [0.2, 0.25) is 0 Å². The van der Waals surface area contributed by atoms with E-state index in [1.165, 1.54) is 6.07 Å². The van der Waals surface area contributed by atoms with Crippen LogP contribution in [0.3, 0.4) is 0 Å².